The number of methoxy groups -OCH3 is 1. The third-order valence-electron chi connectivity index (χ3n) is 4.53. The van der Waals surface area contributed by atoms with Crippen molar-refractivity contribution >= 4 is 52.1 Å². The Kier molecular flexibility index (Phi) is 7.91. The molecule has 0 aliphatic heterocycles. The van der Waals surface area contributed by atoms with Crippen molar-refractivity contribution in [3.8, 4) is 0 Å². The van der Waals surface area contributed by atoms with Crippen molar-refractivity contribution in [1.29, 1.82) is 0 Å². The van der Waals surface area contributed by atoms with Gasteiger partial charge in [-0.15, -0.1) is 0 Å². The summed E-state index contributed by atoms with van der Waals surface area (Å²) in [7, 11) is 1.42. The monoisotopic (exact) mass is 482 g/mol. The normalized spacial score (nSPS) is 10.3. The van der Waals surface area contributed by atoms with Crippen LogP contribution < -0.4 is 16.0 Å². The maximum absolute atomic E-state index is 12.8. The van der Waals surface area contributed by atoms with Gasteiger partial charge in [-0.05, 0) is 42.5 Å². The van der Waals surface area contributed by atoms with Gasteiger partial charge in [-0.25, -0.2) is 0 Å². The molecule has 11 heteroatoms. The molecule has 3 N–H and O–H groups in total. The molecule has 3 aromatic rings. The summed E-state index contributed by atoms with van der Waals surface area (Å²) in [4.78, 5) is 47.3. The number of nitrogens with zero attached hydrogens (tertiary/aromatic N) is 1. The Labute approximate surface area is 199 Å². The number of non-ortho nitro benzene ring substituents is 1. The summed E-state index contributed by atoms with van der Waals surface area (Å²) in [5.74, 6) is -1.42. The molecule has 174 valence electrons. The fourth-order valence-electron chi connectivity index (χ4n) is 2.94. The number of rotatable bonds is 8. The van der Waals surface area contributed by atoms with Gasteiger partial charge in [0.1, 0.15) is 6.61 Å². The number of halogens is 1. The van der Waals surface area contributed by atoms with Crippen molar-refractivity contribution in [2.45, 2.75) is 0 Å². The molecular formula is C23H19ClN4O6. The van der Waals surface area contributed by atoms with Gasteiger partial charge in [0.15, 0.2) is 0 Å². The minimum absolute atomic E-state index is 0.0218. The SMILES string of the molecule is COCC(=O)Nc1ccc(NC(=O)c2ccccc2NC(=O)c2ccc([N+](=O)[O-])cc2Cl)cc1. The molecule has 0 saturated heterocycles. The second-order valence-electron chi connectivity index (χ2n) is 6.93. The molecule has 0 heterocycles. The number of anilines is 3. The summed E-state index contributed by atoms with van der Waals surface area (Å²) < 4.78 is 4.76. The number of amides is 3. The van der Waals surface area contributed by atoms with E-state index in [1.807, 2.05) is 0 Å². The molecule has 34 heavy (non-hydrogen) atoms. The molecule has 0 atom stereocenters. The Morgan fingerprint density at radius 2 is 1.50 bits per heavy atom. The standard InChI is InChI=1S/C23H19ClN4O6/c1-34-13-21(29)25-14-6-8-15(9-7-14)26-23(31)18-4-2-3-5-20(18)27-22(30)17-11-10-16(28(32)33)12-19(17)24/h2-12H,13H2,1H3,(H,25,29)(H,26,31)(H,27,30). The maximum Gasteiger partial charge on any atom is 0.270 e. The summed E-state index contributed by atoms with van der Waals surface area (Å²) in [6, 6.07) is 16.3. The maximum atomic E-state index is 12.8. The highest BCUT2D eigenvalue weighted by Gasteiger charge is 2.18. The van der Waals surface area contributed by atoms with Crippen molar-refractivity contribution in [2.75, 3.05) is 29.7 Å². The molecule has 0 fully saturated rings. The fourth-order valence-corrected chi connectivity index (χ4v) is 3.21. The molecule has 3 rings (SSSR count). The lowest BCUT2D eigenvalue weighted by Crippen LogP contribution is -2.19. The van der Waals surface area contributed by atoms with Gasteiger partial charge >= 0.3 is 0 Å². The van der Waals surface area contributed by atoms with Crippen molar-refractivity contribution in [3.63, 3.8) is 0 Å². The van der Waals surface area contributed by atoms with Gasteiger partial charge in [-0.3, -0.25) is 24.5 Å². The molecule has 0 aliphatic carbocycles. The number of para-hydroxylation sites is 1. The molecular weight excluding hydrogens is 464 g/mol. The predicted molar refractivity (Wildman–Crippen MR) is 127 cm³/mol. The van der Waals surface area contributed by atoms with Crippen LogP contribution in [0.1, 0.15) is 20.7 Å². The highest BCUT2D eigenvalue weighted by Crippen LogP contribution is 2.25. The summed E-state index contributed by atoms with van der Waals surface area (Å²) in [6.45, 7) is -0.0773. The first kappa shape index (κ1) is 24.4. The van der Waals surface area contributed by atoms with E-state index in [2.05, 4.69) is 16.0 Å². The number of nitro groups is 1. The van der Waals surface area contributed by atoms with E-state index >= 15 is 0 Å². The average Bonchev–Trinajstić information content (AvgIpc) is 2.80. The lowest BCUT2D eigenvalue weighted by atomic mass is 10.1. The molecule has 0 spiro atoms. The van der Waals surface area contributed by atoms with E-state index in [1.165, 1.54) is 25.3 Å². The zero-order valence-corrected chi connectivity index (χ0v) is 18.6. The molecule has 3 aromatic carbocycles. The van der Waals surface area contributed by atoms with E-state index in [0.717, 1.165) is 6.07 Å². The number of carbonyl (C=O) groups is 3. The Morgan fingerprint density at radius 1 is 0.882 bits per heavy atom. The van der Waals surface area contributed by atoms with Gasteiger partial charge in [0.2, 0.25) is 5.91 Å². The second-order valence-corrected chi connectivity index (χ2v) is 7.34. The van der Waals surface area contributed by atoms with Crippen LogP contribution in [0, 0.1) is 10.1 Å². The Hall–Kier alpha value is -4.28. The van der Waals surface area contributed by atoms with Crippen molar-refractivity contribution in [2.24, 2.45) is 0 Å². The average molecular weight is 483 g/mol. The number of hydrogen-bond acceptors (Lipinski definition) is 6. The first-order valence-electron chi connectivity index (χ1n) is 9.83. The van der Waals surface area contributed by atoms with Crippen LogP contribution in [0.5, 0.6) is 0 Å². The van der Waals surface area contributed by atoms with Crippen LogP contribution >= 0.6 is 11.6 Å². The van der Waals surface area contributed by atoms with Gasteiger partial charge in [-0.2, -0.15) is 0 Å². The zero-order chi connectivity index (χ0) is 24.7. The quantitative estimate of drug-likeness (QED) is 0.322. The van der Waals surface area contributed by atoms with E-state index in [9.17, 15) is 24.5 Å². The Balaban J connectivity index is 1.72. The third kappa shape index (κ3) is 6.15. The summed E-state index contributed by atoms with van der Waals surface area (Å²) in [5.41, 5.74) is 1.19. The highest BCUT2D eigenvalue weighted by atomic mass is 35.5. The Morgan fingerprint density at radius 3 is 2.12 bits per heavy atom. The third-order valence-corrected chi connectivity index (χ3v) is 4.84. The van der Waals surface area contributed by atoms with Crippen LogP contribution in [0.15, 0.2) is 66.7 Å². The van der Waals surface area contributed by atoms with E-state index in [0.29, 0.717) is 11.4 Å². The minimum Gasteiger partial charge on any atom is -0.375 e. The Bertz CT molecular complexity index is 1250. The number of nitrogens with one attached hydrogen (secondary N) is 3. The van der Waals surface area contributed by atoms with Gasteiger partial charge in [0, 0.05) is 30.6 Å². The van der Waals surface area contributed by atoms with E-state index in [1.54, 1.807) is 42.5 Å². The summed E-state index contributed by atoms with van der Waals surface area (Å²) in [5, 5.41) is 18.7. The van der Waals surface area contributed by atoms with Gasteiger partial charge in [0.25, 0.3) is 17.5 Å². The van der Waals surface area contributed by atoms with E-state index < -0.39 is 16.7 Å². The minimum atomic E-state index is -0.628. The fraction of sp³-hybridized carbons (Fsp3) is 0.0870. The van der Waals surface area contributed by atoms with Crippen molar-refractivity contribution in [1.82, 2.24) is 0 Å². The lowest BCUT2D eigenvalue weighted by Gasteiger charge is -2.12. The number of benzene rings is 3. The van der Waals surface area contributed by atoms with Crippen molar-refractivity contribution in [3.05, 3.63) is 93.0 Å². The smallest absolute Gasteiger partial charge is 0.270 e. The number of ether oxygens (including phenoxy) is 1. The van der Waals surface area contributed by atoms with Crippen LogP contribution in [0.4, 0.5) is 22.7 Å². The molecule has 0 saturated carbocycles. The lowest BCUT2D eigenvalue weighted by molar-refractivity contribution is -0.384. The molecule has 0 unspecified atom stereocenters. The van der Waals surface area contributed by atoms with Crippen LogP contribution in [0.25, 0.3) is 0 Å². The van der Waals surface area contributed by atoms with Crippen LogP contribution in [-0.4, -0.2) is 36.4 Å². The predicted octanol–water partition coefficient (Wildman–Crippen LogP) is 4.34. The number of carbonyl (C=O) groups excluding carboxylic acids is 3. The van der Waals surface area contributed by atoms with Gasteiger partial charge < -0.3 is 20.7 Å². The van der Waals surface area contributed by atoms with Crippen LogP contribution in [0.3, 0.4) is 0 Å². The molecule has 0 aromatic heterocycles. The van der Waals surface area contributed by atoms with Crippen LogP contribution in [0.2, 0.25) is 5.02 Å². The first-order valence-corrected chi connectivity index (χ1v) is 10.2. The van der Waals surface area contributed by atoms with Crippen LogP contribution in [-0.2, 0) is 9.53 Å². The molecule has 0 aliphatic rings. The highest BCUT2D eigenvalue weighted by molar-refractivity contribution is 6.34. The second kappa shape index (κ2) is 11.0. The molecule has 0 bridgehead atoms. The first-order chi connectivity index (χ1) is 16.3. The summed E-state index contributed by atoms with van der Waals surface area (Å²) >= 11 is 6.03. The van der Waals surface area contributed by atoms with E-state index in [4.69, 9.17) is 16.3 Å². The number of nitro benzene ring substituents is 1. The van der Waals surface area contributed by atoms with Crippen molar-refractivity contribution < 1.29 is 24.0 Å². The topological polar surface area (TPSA) is 140 Å². The molecule has 0 radical (unpaired) electrons. The van der Waals surface area contributed by atoms with Gasteiger partial charge in [-0.1, -0.05) is 23.7 Å². The molecule has 10 nitrogen and oxygen atoms in total. The van der Waals surface area contributed by atoms with Gasteiger partial charge in [0.05, 0.1) is 26.8 Å². The largest absolute Gasteiger partial charge is 0.375 e. The van der Waals surface area contributed by atoms with E-state index in [-0.39, 0.29) is 40.0 Å². The summed E-state index contributed by atoms with van der Waals surface area (Å²) in [6.07, 6.45) is 0. The number of hydrogen-bond donors (Lipinski definition) is 3. The zero-order valence-electron chi connectivity index (χ0n) is 17.8. The molecule has 3 amide bonds.